The lowest BCUT2D eigenvalue weighted by Crippen LogP contribution is -1.99. The van der Waals surface area contributed by atoms with Gasteiger partial charge in [0.2, 0.25) is 0 Å². The van der Waals surface area contributed by atoms with E-state index in [1.165, 1.54) is 24.4 Å². The molecule has 0 amide bonds. The maximum absolute atomic E-state index is 10.8. The van der Waals surface area contributed by atoms with Gasteiger partial charge in [-0.05, 0) is 23.8 Å². The highest BCUT2D eigenvalue weighted by molar-refractivity contribution is 5.89. The third-order valence-corrected chi connectivity index (χ3v) is 2.43. The molecule has 5 nitrogen and oxygen atoms in total. The lowest BCUT2D eigenvalue weighted by atomic mass is 10.0. The van der Waals surface area contributed by atoms with Crippen molar-refractivity contribution < 1.29 is 19.8 Å². The molecule has 90 valence electrons. The summed E-state index contributed by atoms with van der Waals surface area (Å²) in [5.41, 5.74) is 1.48. The molecular weight excluding hydrogens is 234 g/mol. The summed E-state index contributed by atoms with van der Waals surface area (Å²) in [6.07, 6.45) is 1.41. The molecule has 1 aromatic heterocycles. The molecule has 0 unspecified atom stereocenters. The van der Waals surface area contributed by atoms with E-state index in [0.29, 0.717) is 11.1 Å². The normalized spacial score (nSPS) is 10.0. The zero-order chi connectivity index (χ0) is 13.1. The molecule has 0 atom stereocenters. The molecule has 2 aromatic rings. The second-order valence-corrected chi connectivity index (χ2v) is 3.62. The van der Waals surface area contributed by atoms with Gasteiger partial charge >= 0.3 is 11.9 Å². The Bertz CT molecular complexity index is 605. The fourth-order valence-electron chi connectivity index (χ4n) is 1.52. The maximum atomic E-state index is 10.8. The van der Waals surface area contributed by atoms with Gasteiger partial charge in [-0.1, -0.05) is 18.2 Å². The number of hydrogen-bond donors (Lipinski definition) is 2. The molecule has 0 bridgehead atoms. The molecule has 0 aliphatic heterocycles. The summed E-state index contributed by atoms with van der Waals surface area (Å²) < 4.78 is 0. The van der Waals surface area contributed by atoms with Gasteiger partial charge in [0.05, 0.1) is 5.56 Å². The van der Waals surface area contributed by atoms with Crippen molar-refractivity contribution in [2.45, 2.75) is 0 Å². The zero-order valence-electron chi connectivity index (χ0n) is 9.20. The monoisotopic (exact) mass is 243 g/mol. The van der Waals surface area contributed by atoms with Gasteiger partial charge in [0.25, 0.3) is 0 Å². The predicted octanol–water partition coefficient (Wildman–Crippen LogP) is 2.14. The quantitative estimate of drug-likeness (QED) is 0.862. The second kappa shape index (κ2) is 4.67. The van der Waals surface area contributed by atoms with Crippen LogP contribution in [0.5, 0.6) is 0 Å². The number of carboxylic acid groups (broad SMARTS) is 2. The first kappa shape index (κ1) is 11.8. The molecule has 2 N–H and O–H groups in total. The van der Waals surface area contributed by atoms with E-state index in [-0.39, 0.29) is 11.3 Å². The first-order valence-electron chi connectivity index (χ1n) is 5.11. The van der Waals surface area contributed by atoms with Crippen molar-refractivity contribution in [3.8, 4) is 11.1 Å². The molecular formula is C13H9NO4. The Balaban J connectivity index is 2.39. The highest BCUT2D eigenvalue weighted by Gasteiger charge is 2.07. The van der Waals surface area contributed by atoms with Crippen LogP contribution in [0.15, 0.2) is 42.6 Å². The van der Waals surface area contributed by atoms with E-state index < -0.39 is 11.9 Å². The zero-order valence-corrected chi connectivity index (χ0v) is 9.20. The van der Waals surface area contributed by atoms with Gasteiger partial charge in [-0.3, -0.25) is 0 Å². The fourth-order valence-corrected chi connectivity index (χ4v) is 1.52. The van der Waals surface area contributed by atoms with E-state index in [1.807, 2.05) is 0 Å². The van der Waals surface area contributed by atoms with Crippen molar-refractivity contribution in [3.63, 3.8) is 0 Å². The van der Waals surface area contributed by atoms with Crippen LogP contribution in [0.3, 0.4) is 0 Å². The van der Waals surface area contributed by atoms with Crippen LogP contribution >= 0.6 is 0 Å². The molecule has 0 saturated heterocycles. The molecule has 0 aliphatic carbocycles. The number of carboxylic acids is 2. The average Bonchev–Trinajstić information content (AvgIpc) is 2.39. The predicted molar refractivity (Wildman–Crippen MR) is 63.6 cm³/mol. The van der Waals surface area contributed by atoms with Crippen molar-refractivity contribution in [3.05, 3.63) is 53.9 Å². The van der Waals surface area contributed by atoms with Crippen LogP contribution in [0.1, 0.15) is 20.8 Å². The van der Waals surface area contributed by atoms with Crippen LogP contribution in [0.25, 0.3) is 11.1 Å². The summed E-state index contributed by atoms with van der Waals surface area (Å²) in [7, 11) is 0. The number of pyridine rings is 1. The van der Waals surface area contributed by atoms with Gasteiger partial charge in [0.15, 0.2) is 0 Å². The van der Waals surface area contributed by atoms with E-state index in [1.54, 1.807) is 18.2 Å². The summed E-state index contributed by atoms with van der Waals surface area (Å²) in [6.45, 7) is 0. The number of benzene rings is 1. The SMILES string of the molecule is O=C(O)c1cccc(-c2ccc(C(=O)O)nc2)c1. The number of rotatable bonds is 3. The Morgan fingerprint density at radius 3 is 2.28 bits per heavy atom. The van der Waals surface area contributed by atoms with Crippen LogP contribution in [-0.4, -0.2) is 27.1 Å². The van der Waals surface area contributed by atoms with Gasteiger partial charge in [0, 0.05) is 11.8 Å². The van der Waals surface area contributed by atoms with Crippen LogP contribution in [0, 0.1) is 0 Å². The molecule has 2 rings (SSSR count). The molecule has 0 fully saturated rings. The average molecular weight is 243 g/mol. The Labute approximate surface area is 102 Å². The highest BCUT2D eigenvalue weighted by atomic mass is 16.4. The summed E-state index contributed by atoms with van der Waals surface area (Å²) in [5, 5.41) is 17.6. The Morgan fingerprint density at radius 1 is 0.944 bits per heavy atom. The lowest BCUT2D eigenvalue weighted by molar-refractivity contribution is 0.0682. The summed E-state index contributed by atoms with van der Waals surface area (Å²) in [4.78, 5) is 25.3. The van der Waals surface area contributed by atoms with Crippen molar-refractivity contribution in [2.75, 3.05) is 0 Å². The molecule has 0 saturated carbocycles. The van der Waals surface area contributed by atoms with E-state index >= 15 is 0 Å². The minimum Gasteiger partial charge on any atom is -0.478 e. The van der Waals surface area contributed by atoms with Crippen LogP contribution in [0.4, 0.5) is 0 Å². The topological polar surface area (TPSA) is 87.5 Å². The van der Waals surface area contributed by atoms with Crippen molar-refractivity contribution in [1.82, 2.24) is 4.98 Å². The van der Waals surface area contributed by atoms with Crippen molar-refractivity contribution in [1.29, 1.82) is 0 Å². The van der Waals surface area contributed by atoms with Crippen LogP contribution in [0.2, 0.25) is 0 Å². The Morgan fingerprint density at radius 2 is 1.72 bits per heavy atom. The number of nitrogens with zero attached hydrogens (tertiary/aromatic N) is 1. The second-order valence-electron chi connectivity index (χ2n) is 3.62. The van der Waals surface area contributed by atoms with Gasteiger partial charge in [0.1, 0.15) is 5.69 Å². The molecule has 5 heteroatoms. The van der Waals surface area contributed by atoms with E-state index in [0.717, 1.165) is 0 Å². The molecule has 0 radical (unpaired) electrons. The third-order valence-electron chi connectivity index (χ3n) is 2.43. The minimum absolute atomic E-state index is 0.0480. The first-order valence-corrected chi connectivity index (χ1v) is 5.11. The Hall–Kier alpha value is -2.69. The molecule has 1 aromatic carbocycles. The number of hydrogen-bond acceptors (Lipinski definition) is 3. The van der Waals surface area contributed by atoms with Crippen LogP contribution < -0.4 is 0 Å². The molecule has 0 aliphatic rings. The molecule has 18 heavy (non-hydrogen) atoms. The van der Waals surface area contributed by atoms with Gasteiger partial charge in [-0.25, -0.2) is 14.6 Å². The molecule has 0 spiro atoms. The summed E-state index contributed by atoms with van der Waals surface area (Å²) >= 11 is 0. The van der Waals surface area contributed by atoms with E-state index in [9.17, 15) is 9.59 Å². The van der Waals surface area contributed by atoms with Crippen molar-refractivity contribution in [2.24, 2.45) is 0 Å². The lowest BCUT2D eigenvalue weighted by Gasteiger charge is -2.03. The fraction of sp³-hybridized carbons (Fsp3) is 0. The summed E-state index contributed by atoms with van der Waals surface area (Å²) in [5.74, 6) is -2.10. The number of aromatic nitrogens is 1. The largest absolute Gasteiger partial charge is 0.478 e. The number of aromatic carboxylic acids is 2. The summed E-state index contributed by atoms with van der Waals surface area (Å²) in [6, 6.07) is 9.35. The van der Waals surface area contributed by atoms with E-state index in [2.05, 4.69) is 4.98 Å². The van der Waals surface area contributed by atoms with Crippen LogP contribution in [-0.2, 0) is 0 Å². The number of carbonyl (C=O) groups is 2. The van der Waals surface area contributed by atoms with Gasteiger partial charge < -0.3 is 10.2 Å². The maximum Gasteiger partial charge on any atom is 0.354 e. The van der Waals surface area contributed by atoms with Crippen molar-refractivity contribution >= 4 is 11.9 Å². The highest BCUT2D eigenvalue weighted by Crippen LogP contribution is 2.19. The van der Waals surface area contributed by atoms with E-state index in [4.69, 9.17) is 10.2 Å². The standard InChI is InChI=1S/C13H9NO4/c15-12(16)9-3-1-2-8(6-9)10-4-5-11(13(17)18)14-7-10/h1-7H,(H,15,16)(H,17,18). The third kappa shape index (κ3) is 2.35. The van der Waals surface area contributed by atoms with Gasteiger partial charge in [-0.15, -0.1) is 0 Å². The molecule has 1 heterocycles. The Kier molecular flexibility index (Phi) is 3.05. The first-order chi connectivity index (χ1) is 8.58. The smallest absolute Gasteiger partial charge is 0.354 e. The minimum atomic E-state index is -1.10. The van der Waals surface area contributed by atoms with Gasteiger partial charge in [-0.2, -0.15) is 0 Å².